The third kappa shape index (κ3) is 2.66. The largest absolute Gasteiger partial charge is 0.480 e. The van der Waals surface area contributed by atoms with Crippen LogP contribution < -0.4 is 10.6 Å². The third-order valence-corrected chi connectivity index (χ3v) is 2.61. The number of hydrogen-bond donors (Lipinski definition) is 2. The summed E-state index contributed by atoms with van der Waals surface area (Å²) in [6.45, 7) is 4.48. The molecule has 0 heterocycles. The Morgan fingerprint density at radius 3 is 2.31 bits per heavy atom. The Bertz CT molecular complexity index is 349. The summed E-state index contributed by atoms with van der Waals surface area (Å²) in [5, 5.41) is 9.12. The topological polar surface area (TPSA) is 66.6 Å². The lowest BCUT2D eigenvalue weighted by atomic mass is 10.1. The van der Waals surface area contributed by atoms with E-state index < -0.39 is 12.0 Å². The van der Waals surface area contributed by atoms with E-state index in [4.69, 9.17) is 10.8 Å². The SMILES string of the molecule is CCC(C(=O)O)N(CC)c1ccc(N)cc1. The summed E-state index contributed by atoms with van der Waals surface area (Å²) in [5.41, 5.74) is 7.18. The lowest BCUT2D eigenvalue weighted by Gasteiger charge is -2.29. The van der Waals surface area contributed by atoms with Crippen molar-refractivity contribution in [3.63, 3.8) is 0 Å². The number of anilines is 2. The van der Waals surface area contributed by atoms with E-state index in [0.717, 1.165) is 5.69 Å². The minimum Gasteiger partial charge on any atom is -0.480 e. The fourth-order valence-electron chi connectivity index (χ4n) is 1.78. The molecule has 0 amide bonds. The van der Waals surface area contributed by atoms with Crippen LogP contribution >= 0.6 is 0 Å². The molecule has 1 atom stereocenters. The van der Waals surface area contributed by atoms with Gasteiger partial charge in [0, 0.05) is 17.9 Å². The van der Waals surface area contributed by atoms with Crippen molar-refractivity contribution in [1.29, 1.82) is 0 Å². The van der Waals surface area contributed by atoms with E-state index in [1.165, 1.54) is 0 Å². The van der Waals surface area contributed by atoms with E-state index in [-0.39, 0.29) is 0 Å². The zero-order valence-electron chi connectivity index (χ0n) is 9.68. The maximum absolute atomic E-state index is 11.1. The normalized spacial score (nSPS) is 12.1. The molecule has 1 unspecified atom stereocenters. The minimum absolute atomic E-state index is 0.478. The standard InChI is InChI=1S/C12H18N2O2/c1-3-11(12(15)16)14(4-2)10-7-5-9(13)6-8-10/h5-8,11H,3-4,13H2,1-2H3,(H,15,16). The van der Waals surface area contributed by atoms with Crippen LogP contribution in [0.2, 0.25) is 0 Å². The molecule has 1 rings (SSSR count). The molecule has 88 valence electrons. The molecule has 0 radical (unpaired) electrons. The average Bonchev–Trinajstić information content (AvgIpc) is 2.26. The van der Waals surface area contributed by atoms with Crippen LogP contribution in [0.4, 0.5) is 11.4 Å². The first-order valence-electron chi connectivity index (χ1n) is 5.45. The summed E-state index contributed by atoms with van der Waals surface area (Å²) in [7, 11) is 0. The Hall–Kier alpha value is -1.71. The Balaban J connectivity index is 2.96. The van der Waals surface area contributed by atoms with Crippen LogP contribution in [0.15, 0.2) is 24.3 Å². The first-order chi connectivity index (χ1) is 7.60. The molecular formula is C12H18N2O2. The van der Waals surface area contributed by atoms with Crippen molar-refractivity contribution < 1.29 is 9.90 Å². The highest BCUT2D eigenvalue weighted by atomic mass is 16.4. The average molecular weight is 222 g/mol. The molecule has 0 saturated carbocycles. The maximum atomic E-state index is 11.1. The number of rotatable bonds is 5. The van der Waals surface area contributed by atoms with Crippen LogP contribution in [0.25, 0.3) is 0 Å². The molecule has 3 N–H and O–H groups in total. The fraction of sp³-hybridized carbons (Fsp3) is 0.417. The summed E-state index contributed by atoms with van der Waals surface area (Å²) in [6.07, 6.45) is 0.577. The van der Waals surface area contributed by atoms with Gasteiger partial charge in [0.05, 0.1) is 0 Å². The van der Waals surface area contributed by atoms with E-state index in [9.17, 15) is 4.79 Å². The van der Waals surface area contributed by atoms with Crippen LogP contribution in [0, 0.1) is 0 Å². The molecule has 16 heavy (non-hydrogen) atoms. The predicted molar refractivity (Wildman–Crippen MR) is 65.6 cm³/mol. The van der Waals surface area contributed by atoms with Gasteiger partial charge in [0.15, 0.2) is 0 Å². The molecule has 0 aliphatic heterocycles. The second-order valence-corrected chi connectivity index (χ2v) is 3.64. The van der Waals surface area contributed by atoms with Crippen molar-refractivity contribution in [3.8, 4) is 0 Å². The predicted octanol–water partition coefficient (Wildman–Crippen LogP) is 1.96. The number of likely N-dealkylation sites (N-methyl/N-ethyl adjacent to an activating group) is 1. The van der Waals surface area contributed by atoms with Crippen LogP contribution in [0.5, 0.6) is 0 Å². The molecule has 4 heteroatoms. The van der Waals surface area contributed by atoms with Crippen molar-refractivity contribution in [3.05, 3.63) is 24.3 Å². The highest BCUT2D eigenvalue weighted by Gasteiger charge is 2.22. The molecule has 1 aromatic carbocycles. The summed E-state index contributed by atoms with van der Waals surface area (Å²) >= 11 is 0. The number of hydrogen-bond acceptors (Lipinski definition) is 3. The van der Waals surface area contributed by atoms with Gasteiger partial charge in [-0.25, -0.2) is 4.79 Å². The van der Waals surface area contributed by atoms with E-state index in [1.54, 1.807) is 12.1 Å². The molecule has 0 fully saturated rings. The second-order valence-electron chi connectivity index (χ2n) is 3.64. The zero-order chi connectivity index (χ0) is 12.1. The van der Waals surface area contributed by atoms with E-state index in [1.807, 2.05) is 30.9 Å². The first kappa shape index (κ1) is 12.4. The lowest BCUT2D eigenvalue weighted by molar-refractivity contribution is -0.138. The molecule has 0 aliphatic carbocycles. The molecule has 1 aromatic rings. The van der Waals surface area contributed by atoms with E-state index in [0.29, 0.717) is 18.7 Å². The summed E-state index contributed by atoms with van der Waals surface area (Å²) in [5.74, 6) is -0.791. The lowest BCUT2D eigenvalue weighted by Crippen LogP contribution is -2.40. The molecule has 0 bridgehead atoms. The van der Waals surface area contributed by atoms with Crippen molar-refractivity contribution in [2.24, 2.45) is 0 Å². The number of benzene rings is 1. The molecule has 0 saturated heterocycles. The quantitative estimate of drug-likeness (QED) is 0.747. The highest BCUT2D eigenvalue weighted by Crippen LogP contribution is 2.20. The van der Waals surface area contributed by atoms with E-state index >= 15 is 0 Å². The van der Waals surface area contributed by atoms with Crippen LogP contribution in [-0.4, -0.2) is 23.7 Å². The summed E-state index contributed by atoms with van der Waals surface area (Å²) < 4.78 is 0. The van der Waals surface area contributed by atoms with E-state index in [2.05, 4.69) is 0 Å². The third-order valence-electron chi connectivity index (χ3n) is 2.61. The molecule has 0 aromatic heterocycles. The van der Waals surface area contributed by atoms with Gasteiger partial charge in [-0.3, -0.25) is 0 Å². The molecule has 0 spiro atoms. The van der Waals surface area contributed by atoms with Gasteiger partial charge in [-0.1, -0.05) is 6.92 Å². The van der Waals surface area contributed by atoms with Gasteiger partial charge in [-0.05, 0) is 37.6 Å². The van der Waals surface area contributed by atoms with Crippen LogP contribution in [-0.2, 0) is 4.79 Å². The Morgan fingerprint density at radius 1 is 1.38 bits per heavy atom. The number of nitrogens with two attached hydrogens (primary N) is 1. The first-order valence-corrected chi connectivity index (χ1v) is 5.45. The number of nitrogen functional groups attached to an aromatic ring is 1. The molecule has 0 aliphatic rings. The summed E-state index contributed by atoms with van der Waals surface area (Å²) in [4.78, 5) is 13.0. The Labute approximate surface area is 95.7 Å². The van der Waals surface area contributed by atoms with Gasteiger partial charge in [0.2, 0.25) is 0 Å². The highest BCUT2D eigenvalue weighted by molar-refractivity contribution is 5.78. The maximum Gasteiger partial charge on any atom is 0.326 e. The molecular weight excluding hydrogens is 204 g/mol. The number of carboxylic acid groups (broad SMARTS) is 1. The number of aliphatic carboxylic acids is 1. The van der Waals surface area contributed by atoms with Gasteiger partial charge in [0.25, 0.3) is 0 Å². The Kier molecular flexibility index (Phi) is 4.17. The molecule has 4 nitrogen and oxygen atoms in total. The van der Waals surface area contributed by atoms with Crippen molar-refractivity contribution in [2.75, 3.05) is 17.2 Å². The monoisotopic (exact) mass is 222 g/mol. The van der Waals surface area contributed by atoms with Crippen LogP contribution in [0.3, 0.4) is 0 Å². The second kappa shape index (κ2) is 5.39. The number of nitrogens with zero attached hydrogens (tertiary/aromatic N) is 1. The van der Waals surface area contributed by atoms with Gasteiger partial charge < -0.3 is 15.7 Å². The summed E-state index contributed by atoms with van der Waals surface area (Å²) in [6, 6.07) is 6.79. The number of carboxylic acids is 1. The van der Waals surface area contributed by atoms with Gasteiger partial charge >= 0.3 is 5.97 Å². The van der Waals surface area contributed by atoms with Gasteiger partial charge in [0.1, 0.15) is 6.04 Å². The smallest absolute Gasteiger partial charge is 0.326 e. The van der Waals surface area contributed by atoms with Gasteiger partial charge in [-0.2, -0.15) is 0 Å². The minimum atomic E-state index is -0.791. The van der Waals surface area contributed by atoms with Crippen molar-refractivity contribution >= 4 is 17.3 Å². The Morgan fingerprint density at radius 2 is 1.94 bits per heavy atom. The zero-order valence-corrected chi connectivity index (χ0v) is 9.68. The number of carbonyl (C=O) groups is 1. The van der Waals surface area contributed by atoms with Crippen LogP contribution in [0.1, 0.15) is 20.3 Å². The fourth-order valence-corrected chi connectivity index (χ4v) is 1.78. The van der Waals surface area contributed by atoms with Crippen molar-refractivity contribution in [1.82, 2.24) is 0 Å². The van der Waals surface area contributed by atoms with Crippen molar-refractivity contribution in [2.45, 2.75) is 26.3 Å². The van der Waals surface area contributed by atoms with Gasteiger partial charge in [-0.15, -0.1) is 0 Å².